The third-order valence-electron chi connectivity index (χ3n) is 3.64. The second-order valence-electron chi connectivity index (χ2n) is 6.08. The first-order chi connectivity index (χ1) is 13.1. The molecule has 11 heteroatoms. The van der Waals surface area contributed by atoms with E-state index in [4.69, 9.17) is 28.4 Å². The molecule has 1 rings (SSSR count). The fraction of sp³-hybridized carbons (Fsp3) is 0.765. The van der Waals surface area contributed by atoms with E-state index in [1.54, 1.807) is 0 Å². The molecule has 0 aliphatic carbocycles. The van der Waals surface area contributed by atoms with Crippen LogP contribution < -0.4 is 5.32 Å². The van der Waals surface area contributed by atoms with E-state index in [1.807, 2.05) is 0 Å². The molecule has 1 heterocycles. The zero-order chi connectivity index (χ0) is 21.3. The predicted molar refractivity (Wildman–Crippen MR) is 91.8 cm³/mol. The first-order valence-electron chi connectivity index (χ1n) is 8.66. The minimum Gasteiger partial charge on any atom is -0.463 e. The number of rotatable bonds is 9. The molecular weight excluding hydrogens is 378 g/mol. The van der Waals surface area contributed by atoms with Gasteiger partial charge < -0.3 is 33.7 Å². The van der Waals surface area contributed by atoms with Gasteiger partial charge in [0.2, 0.25) is 5.91 Å². The third-order valence-corrected chi connectivity index (χ3v) is 3.64. The Balaban J connectivity index is 3.21. The summed E-state index contributed by atoms with van der Waals surface area (Å²) in [4.78, 5) is 46.1. The maximum absolute atomic E-state index is 11.7. The fourth-order valence-electron chi connectivity index (χ4n) is 2.68. The molecular formula is C17H27NO10. The average Bonchev–Trinajstić information content (AvgIpc) is 2.57. The van der Waals surface area contributed by atoms with Gasteiger partial charge in [-0.1, -0.05) is 0 Å². The zero-order valence-corrected chi connectivity index (χ0v) is 16.6. The van der Waals surface area contributed by atoms with E-state index in [1.165, 1.54) is 34.8 Å². The van der Waals surface area contributed by atoms with Gasteiger partial charge in [0.15, 0.2) is 18.5 Å². The molecule has 0 spiro atoms. The van der Waals surface area contributed by atoms with E-state index in [0.717, 1.165) is 0 Å². The summed E-state index contributed by atoms with van der Waals surface area (Å²) in [5, 5.41) is 2.60. The molecule has 0 radical (unpaired) electrons. The Kier molecular flexibility index (Phi) is 9.83. The number of amides is 1. The van der Waals surface area contributed by atoms with Crippen molar-refractivity contribution in [3.63, 3.8) is 0 Å². The van der Waals surface area contributed by atoms with Crippen molar-refractivity contribution in [1.29, 1.82) is 0 Å². The number of carbonyl (C=O) groups excluding carboxylic acids is 4. The van der Waals surface area contributed by atoms with Gasteiger partial charge in [-0.25, -0.2) is 0 Å². The molecule has 0 aromatic carbocycles. The van der Waals surface area contributed by atoms with Gasteiger partial charge in [-0.2, -0.15) is 0 Å². The van der Waals surface area contributed by atoms with Gasteiger partial charge in [-0.15, -0.1) is 0 Å². The molecule has 1 N–H and O–H groups in total. The first-order valence-corrected chi connectivity index (χ1v) is 8.66. The van der Waals surface area contributed by atoms with Crippen LogP contribution in [0.25, 0.3) is 0 Å². The minimum absolute atomic E-state index is 0.114. The predicted octanol–water partition coefficient (Wildman–Crippen LogP) is -0.694. The summed E-state index contributed by atoms with van der Waals surface area (Å²) in [7, 11) is 1.48. The fourth-order valence-corrected chi connectivity index (χ4v) is 2.68. The Labute approximate surface area is 162 Å². The van der Waals surface area contributed by atoms with Gasteiger partial charge in [0.25, 0.3) is 0 Å². The summed E-state index contributed by atoms with van der Waals surface area (Å²) in [5.74, 6) is -2.35. The van der Waals surface area contributed by atoms with Crippen LogP contribution in [0.1, 0.15) is 27.7 Å². The van der Waals surface area contributed by atoms with Gasteiger partial charge in [-0.3, -0.25) is 19.2 Å². The normalized spacial score (nSPS) is 26.8. The van der Waals surface area contributed by atoms with Crippen molar-refractivity contribution in [1.82, 2.24) is 5.32 Å². The summed E-state index contributed by atoms with van der Waals surface area (Å²) in [6.07, 6.45) is -4.34. The van der Waals surface area contributed by atoms with Crippen LogP contribution in [0, 0.1) is 0 Å². The van der Waals surface area contributed by atoms with Crippen molar-refractivity contribution in [3.8, 4) is 0 Å². The maximum atomic E-state index is 11.7. The van der Waals surface area contributed by atoms with Crippen LogP contribution in [-0.2, 0) is 47.6 Å². The summed E-state index contributed by atoms with van der Waals surface area (Å²) in [5.41, 5.74) is 0. The van der Waals surface area contributed by atoms with Crippen LogP contribution >= 0.6 is 0 Å². The van der Waals surface area contributed by atoms with Crippen LogP contribution in [0.3, 0.4) is 0 Å². The van der Waals surface area contributed by atoms with Crippen LogP contribution in [0.5, 0.6) is 0 Å². The van der Waals surface area contributed by atoms with Crippen molar-refractivity contribution >= 4 is 23.8 Å². The Morgan fingerprint density at radius 1 is 0.893 bits per heavy atom. The molecule has 0 aromatic rings. The zero-order valence-electron chi connectivity index (χ0n) is 16.6. The van der Waals surface area contributed by atoms with E-state index >= 15 is 0 Å². The largest absolute Gasteiger partial charge is 0.463 e. The first kappa shape index (κ1) is 23.8. The molecule has 1 aliphatic heterocycles. The lowest BCUT2D eigenvalue weighted by Crippen LogP contribution is -2.66. The lowest BCUT2D eigenvalue weighted by molar-refractivity contribution is -0.279. The monoisotopic (exact) mass is 405 g/mol. The Hall–Kier alpha value is -2.24. The maximum Gasteiger partial charge on any atom is 0.303 e. The van der Waals surface area contributed by atoms with Crippen LogP contribution in [0.2, 0.25) is 0 Å². The third kappa shape index (κ3) is 7.79. The molecule has 28 heavy (non-hydrogen) atoms. The topological polar surface area (TPSA) is 136 Å². The van der Waals surface area contributed by atoms with Gasteiger partial charge in [0, 0.05) is 34.8 Å². The molecule has 0 bridgehead atoms. The molecule has 160 valence electrons. The average molecular weight is 405 g/mol. The lowest BCUT2D eigenvalue weighted by Gasteiger charge is -2.44. The molecule has 1 saturated heterocycles. The molecule has 0 saturated carbocycles. The highest BCUT2D eigenvalue weighted by Gasteiger charge is 2.51. The van der Waals surface area contributed by atoms with Crippen molar-refractivity contribution < 1.29 is 47.6 Å². The van der Waals surface area contributed by atoms with Gasteiger partial charge in [0.1, 0.15) is 18.8 Å². The van der Waals surface area contributed by atoms with Gasteiger partial charge >= 0.3 is 17.9 Å². The van der Waals surface area contributed by atoms with E-state index in [0.29, 0.717) is 0 Å². The van der Waals surface area contributed by atoms with Gasteiger partial charge in [-0.05, 0) is 0 Å². The SMILES string of the molecule is COCCO[C@@H]1O[C@H](COC(C)=O)[C@@H](OC(C)=O)[C@H](OC(C)=O)[C@H]1NC(C)=O. The van der Waals surface area contributed by atoms with E-state index in [-0.39, 0.29) is 19.8 Å². The number of hydrogen-bond acceptors (Lipinski definition) is 10. The molecule has 1 amide bonds. The summed E-state index contributed by atoms with van der Waals surface area (Å²) in [6.45, 7) is 4.90. The smallest absolute Gasteiger partial charge is 0.303 e. The second kappa shape index (κ2) is 11.6. The van der Waals surface area contributed by atoms with Crippen molar-refractivity contribution in [2.45, 2.75) is 58.3 Å². The van der Waals surface area contributed by atoms with Crippen LogP contribution in [0.15, 0.2) is 0 Å². The highest BCUT2D eigenvalue weighted by Crippen LogP contribution is 2.27. The van der Waals surface area contributed by atoms with Crippen molar-refractivity contribution in [3.05, 3.63) is 0 Å². The number of hydrogen-bond donors (Lipinski definition) is 1. The Bertz CT molecular complexity index is 566. The standard InChI is InChI=1S/C17H27NO10/c1-9(19)18-14-16(27-12(4)22)15(26-11(3)21)13(8-25-10(2)20)28-17(14)24-7-6-23-5/h13-17H,6-8H2,1-5H3,(H,18,19)/t13-,14-,15-,16-,17-/m1/s1. The molecule has 1 aliphatic rings. The lowest BCUT2D eigenvalue weighted by atomic mass is 9.96. The minimum atomic E-state index is -1.14. The van der Waals surface area contributed by atoms with E-state index < -0.39 is 54.5 Å². The number of carbonyl (C=O) groups is 4. The summed E-state index contributed by atoms with van der Waals surface area (Å²) < 4.78 is 31.9. The summed E-state index contributed by atoms with van der Waals surface area (Å²) >= 11 is 0. The highest BCUT2D eigenvalue weighted by atomic mass is 16.7. The van der Waals surface area contributed by atoms with E-state index in [9.17, 15) is 19.2 Å². The number of nitrogens with one attached hydrogen (secondary N) is 1. The molecule has 1 fully saturated rings. The van der Waals surface area contributed by atoms with E-state index in [2.05, 4.69) is 5.32 Å². The Morgan fingerprint density at radius 3 is 2.00 bits per heavy atom. The Morgan fingerprint density at radius 2 is 1.50 bits per heavy atom. The quantitative estimate of drug-likeness (QED) is 0.298. The summed E-state index contributed by atoms with van der Waals surface area (Å²) in [6, 6.07) is -0.976. The molecule has 0 aromatic heterocycles. The van der Waals surface area contributed by atoms with Gasteiger partial charge in [0.05, 0.1) is 13.2 Å². The highest BCUT2D eigenvalue weighted by molar-refractivity contribution is 5.73. The molecule has 11 nitrogen and oxygen atoms in total. The second-order valence-corrected chi connectivity index (χ2v) is 6.08. The van der Waals surface area contributed by atoms with Crippen molar-refractivity contribution in [2.24, 2.45) is 0 Å². The van der Waals surface area contributed by atoms with Crippen LogP contribution in [0.4, 0.5) is 0 Å². The molecule has 5 atom stereocenters. The van der Waals surface area contributed by atoms with Crippen molar-refractivity contribution in [2.75, 3.05) is 26.9 Å². The van der Waals surface area contributed by atoms with Crippen LogP contribution in [-0.4, -0.2) is 81.4 Å². The number of esters is 3. The number of methoxy groups -OCH3 is 1. The molecule has 0 unspecified atom stereocenters. The number of ether oxygens (including phenoxy) is 6.